The molecule has 0 fully saturated rings. The average molecular weight is 315 g/mol. The molecule has 1 aromatic rings. The number of ether oxygens (including phenoxy) is 1. The fourth-order valence-electron chi connectivity index (χ4n) is 1.80. The van der Waals surface area contributed by atoms with Crippen LogP contribution in [-0.4, -0.2) is 41.3 Å². The summed E-state index contributed by atoms with van der Waals surface area (Å²) in [6, 6.07) is 4.76. The van der Waals surface area contributed by atoms with Gasteiger partial charge in [-0.3, -0.25) is 0 Å². The second-order valence-corrected chi connectivity index (χ2v) is 6.32. The minimum Gasteiger partial charge on any atom is -0.489 e. The molecule has 5 nitrogen and oxygen atoms in total. The smallest absolute Gasteiger partial charge is 0.321 e. The van der Waals surface area contributed by atoms with Crippen LogP contribution in [0.2, 0.25) is 5.02 Å². The van der Waals surface area contributed by atoms with Crippen molar-refractivity contribution in [3.8, 4) is 5.75 Å². The van der Waals surface area contributed by atoms with E-state index in [4.69, 9.17) is 16.3 Å². The number of anilines is 1. The molecule has 21 heavy (non-hydrogen) atoms. The van der Waals surface area contributed by atoms with Crippen LogP contribution in [0.15, 0.2) is 18.2 Å². The van der Waals surface area contributed by atoms with E-state index in [2.05, 4.69) is 5.32 Å². The highest BCUT2D eigenvalue weighted by molar-refractivity contribution is 6.32. The molecular weight excluding hydrogens is 292 g/mol. The number of nitrogens with one attached hydrogen (secondary N) is 1. The van der Waals surface area contributed by atoms with Crippen molar-refractivity contribution < 1.29 is 14.6 Å². The standard InChI is InChI=1S/C15H23ClN2O3/c1-10(2)21-13-7-6-11(8-12(13)16)17-14(19)18(5)9-15(3,4)20/h6-8,10,20H,9H2,1-5H3,(H,17,19). The maximum Gasteiger partial charge on any atom is 0.321 e. The van der Waals surface area contributed by atoms with Crippen LogP contribution in [0.4, 0.5) is 10.5 Å². The predicted octanol–water partition coefficient (Wildman–Crippen LogP) is 3.36. The third-order valence-corrected chi connectivity index (χ3v) is 2.81. The summed E-state index contributed by atoms with van der Waals surface area (Å²) in [5, 5.41) is 12.9. The first-order chi connectivity index (χ1) is 9.58. The largest absolute Gasteiger partial charge is 0.489 e. The molecule has 0 unspecified atom stereocenters. The van der Waals surface area contributed by atoms with E-state index in [1.807, 2.05) is 13.8 Å². The summed E-state index contributed by atoms with van der Waals surface area (Å²) in [6.07, 6.45) is 0.0286. The number of urea groups is 1. The fourth-order valence-corrected chi connectivity index (χ4v) is 2.02. The molecule has 0 heterocycles. The summed E-state index contributed by atoms with van der Waals surface area (Å²) >= 11 is 6.11. The van der Waals surface area contributed by atoms with E-state index in [1.165, 1.54) is 4.90 Å². The van der Waals surface area contributed by atoms with Crippen molar-refractivity contribution in [1.82, 2.24) is 4.90 Å². The summed E-state index contributed by atoms with van der Waals surface area (Å²) < 4.78 is 5.53. The van der Waals surface area contributed by atoms with E-state index in [1.54, 1.807) is 39.1 Å². The fraction of sp³-hybridized carbons (Fsp3) is 0.533. The molecule has 2 N–H and O–H groups in total. The minimum atomic E-state index is -0.946. The first kappa shape index (κ1) is 17.6. The molecule has 0 aliphatic heterocycles. The van der Waals surface area contributed by atoms with Gasteiger partial charge in [0.25, 0.3) is 0 Å². The Bertz CT molecular complexity index is 498. The highest BCUT2D eigenvalue weighted by atomic mass is 35.5. The number of halogens is 1. The van der Waals surface area contributed by atoms with Gasteiger partial charge in [0.15, 0.2) is 0 Å². The molecule has 1 aromatic carbocycles. The second kappa shape index (κ2) is 7.00. The number of hydrogen-bond donors (Lipinski definition) is 2. The molecule has 1 rings (SSSR count). The Morgan fingerprint density at radius 2 is 2.10 bits per heavy atom. The van der Waals surface area contributed by atoms with E-state index < -0.39 is 5.60 Å². The number of nitrogens with zero attached hydrogens (tertiary/aromatic N) is 1. The van der Waals surface area contributed by atoms with E-state index in [0.29, 0.717) is 16.5 Å². The van der Waals surface area contributed by atoms with Crippen LogP contribution in [0.3, 0.4) is 0 Å². The van der Waals surface area contributed by atoms with Crippen molar-refractivity contribution in [2.24, 2.45) is 0 Å². The van der Waals surface area contributed by atoms with Gasteiger partial charge in [0.05, 0.1) is 23.3 Å². The highest BCUT2D eigenvalue weighted by Gasteiger charge is 2.19. The molecule has 118 valence electrons. The van der Waals surface area contributed by atoms with Gasteiger partial charge in [0.1, 0.15) is 5.75 Å². The predicted molar refractivity (Wildman–Crippen MR) is 85.2 cm³/mol. The molecule has 0 spiro atoms. The number of carbonyl (C=O) groups excluding carboxylic acids is 1. The quantitative estimate of drug-likeness (QED) is 0.876. The first-order valence-corrected chi connectivity index (χ1v) is 7.17. The number of aliphatic hydroxyl groups is 1. The lowest BCUT2D eigenvalue weighted by Gasteiger charge is -2.25. The maximum absolute atomic E-state index is 12.0. The van der Waals surface area contributed by atoms with Gasteiger partial charge in [-0.15, -0.1) is 0 Å². The van der Waals surface area contributed by atoms with Crippen LogP contribution in [0.25, 0.3) is 0 Å². The van der Waals surface area contributed by atoms with Gasteiger partial charge >= 0.3 is 6.03 Å². The lowest BCUT2D eigenvalue weighted by atomic mass is 10.1. The molecule has 0 saturated carbocycles. The van der Waals surface area contributed by atoms with Crippen LogP contribution in [0.1, 0.15) is 27.7 Å². The van der Waals surface area contributed by atoms with Crippen LogP contribution >= 0.6 is 11.6 Å². The maximum atomic E-state index is 12.0. The summed E-state index contributed by atoms with van der Waals surface area (Å²) in [7, 11) is 1.62. The molecule has 0 aliphatic rings. The third kappa shape index (κ3) is 6.23. The van der Waals surface area contributed by atoms with Crippen LogP contribution in [-0.2, 0) is 0 Å². The Morgan fingerprint density at radius 3 is 2.57 bits per heavy atom. The lowest BCUT2D eigenvalue weighted by molar-refractivity contribution is 0.0550. The van der Waals surface area contributed by atoms with Gasteiger partial charge in [-0.2, -0.15) is 0 Å². The normalized spacial score (nSPS) is 11.4. The number of benzene rings is 1. The molecule has 0 saturated heterocycles. The Labute approximate surface area is 130 Å². The Balaban J connectivity index is 2.71. The van der Waals surface area contributed by atoms with Crippen molar-refractivity contribution in [3.63, 3.8) is 0 Å². The summed E-state index contributed by atoms with van der Waals surface area (Å²) in [4.78, 5) is 13.4. The van der Waals surface area contributed by atoms with E-state index in [-0.39, 0.29) is 18.7 Å². The Morgan fingerprint density at radius 1 is 1.48 bits per heavy atom. The average Bonchev–Trinajstić information content (AvgIpc) is 2.30. The minimum absolute atomic E-state index is 0.0286. The zero-order chi connectivity index (χ0) is 16.2. The zero-order valence-electron chi connectivity index (χ0n) is 13.1. The van der Waals surface area contributed by atoms with Crippen molar-refractivity contribution in [2.75, 3.05) is 18.9 Å². The zero-order valence-corrected chi connectivity index (χ0v) is 13.9. The van der Waals surface area contributed by atoms with Gasteiger partial charge in [-0.05, 0) is 45.9 Å². The molecular formula is C15H23ClN2O3. The molecule has 2 amide bonds. The molecule has 0 aliphatic carbocycles. The van der Waals surface area contributed by atoms with Gasteiger partial charge < -0.3 is 20.1 Å². The van der Waals surface area contributed by atoms with E-state index >= 15 is 0 Å². The second-order valence-electron chi connectivity index (χ2n) is 5.91. The Kier molecular flexibility index (Phi) is 5.87. The van der Waals surface area contributed by atoms with Crippen molar-refractivity contribution in [1.29, 1.82) is 0 Å². The Hall–Kier alpha value is -1.46. The number of amides is 2. The topological polar surface area (TPSA) is 61.8 Å². The van der Waals surface area contributed by atoms with Gasteiger partial charge in [-0.1, -0.05) is 11.6 Å². The van der Waals surface area contributed by atoms with E-state index in [9.17, 15) is 9.90 Å². The molecule has 6 heteroatoms. The van der Waals surface area contributed by atoms with Crippen molar-refractivity contribution in [3.05, 3.63) is 23.2 Å². The number of likely N-dealkylation sites (N-methyl/N-ethyl adjacent to an activating group) is 1. The summed E-state index contributed by atoms with van der Waals surface area (Å²) in [6.45, 7) is 7.34. The summed E-state index contributed by atoms with van der Waals surface area (Å²) in [5.74, 6) is 0.578. The van der Waals surface area contributed by atoms with Gasteiger partial charge in [-0.25, -0.2) is 4.79 Å². The van der Waals surface area contributed by atoms with Crippen LogP contribution in [0.5, 0.6) is 5.75 Å². The molecule has 0 bridgehead atoms. The molecule has 0 aromatic heterocycles. The van der Waals surface area contributed by atoms with Crippen LogP contribution in [0, 0.1) is 0 Å². The SMILES string of the molecule is CC(C)Oc1ccc(NC(=O)N(C)CC(C)(C)O)cc1Cl. The van der Waals surface area contributed by atoms with E-state index in [0.717, 1.165) is 0 Å². The van der Waals surface area contributed by atoms with Crippen molar-refractivity contribution in [2.45, 2.75) is 39.4 Å². The lowest BCUT2D eigenvalue weighted by Crippen LogP contribution is -2.41. The monoisotopic (exact) mass is 314 g/mol. The number of hydrogen-bond acceptors (Lipinski definition) is 3. The van der Waals surface area contributed by atoms with Crippen LogP contribution < -0.4 is 10.1 Å². The summed E-state index contributed by atoms with van der Waals surface area (Å²) in [5.41, 5.74) is -0.373. The van der Waals surface area contributed by atoms with Crippen molar-refractivity contribution >= 4 is 23.3 Å². The highest BCUT2D eigenvalue weighted by Crippen LogP contribution is 2.28. The molecule has 0 radical (unpaired) electrons. The van der Waals surface area contributed by atoms with Gasteiger partial charge in [0, 0.05) is 12.7 Å². The number of rotatable bonds is 5. The third-order valence-electron chi connectivity index (χ3n) is 2.52. The molecule has 0 atom stereocenters. The first-order valence-electron chi connectivity index (χ1n) is 6.79. The number of carbonyl (C=O) groups is 1. The van der Waals surface area contributed by atoms with Gasteiger partial charge in [0.2, 0.25) is 0 Å².